The number of aromatic nitrogens is 9. The molecule has 3 aromatic carbocycles. The van der Waals surface area contributed by atoms with Crippen LogP contribution in [0, 0.1) is 0 Å². The fourth-order valence-corrected chi connectivity index (χ4v) is 36.6. The minimum atomic E-state index is -4.69. The number of hydrogen-bond donors (Lipinski definition) is 4. The topological polar surface area (TPSA) is 272 Å². The third-order valence-electron chi connectivity index (χ3n) is 18.9. The molecule has 0 amide bonds. The summed E-state index contributed by atoms with van der Waals surface area (Å²) in [6.07, 6.45) is 8.24. The van der Waals surface area contributed by atoms with Gasteiger partial charge in [0.15, 0.2) is 15.4 Å². The van der Waals surface area contributed by atoms with Crippen molar-refractivity contribution in [3.63, 3.8) is 0 Å². The van der Waals surface area contributed by atoms with Crippen molar-refractivity contribution in [3.05, 3.63) is 197 Å². The van der Waals surface area contributed by atoms with Gasteiger partial charge in [-0.1, -0.05) is 76.6 Å². The normalized spacial score (nSPS) is 13.3. The number of ether oxygens (including phenoxy) is 2. The van der Waals surface area contributed by atoms with E-state index in [9.17, 15) is 59.0 Å². The zero-order valence-electron chi connectivity index (χ0n) is 63.9. The van der Waals surface area contributed by atoms with Gasteiger partial charge < -0.3 is 36.0 Å². The first kappa shape index (κ1) is 91.2. The zero-order chi connectivity index (χ0) is 81.8. The van der Waals surface area contributed by atoms with Crippen LogP contribution in [0.25, 0.3) is 54.9 Å². The van der Waals surface area contributed by atoms with Crippen molar-refractivity contribution >= 4 is 156 Å². The number of hydrogen-bond acceptors (Lipinski definition) is 24. The van der Waals surface area contributed by atoms with Crippen molar-refractivity contribution < 1.29 is 92.8 Å². The number of aromatic carboxylic acids is 1. The van der Waals surface area contributed by atoms with E-state index in [0.29, 0.717) is 57.8 Å². The van der Waals surface area contributed by atoms with Crippen molar-refractivity contribution in [2.24, 2.45) is 0 Å². The molecule has 0 bridgehead atoms. The molecule has 0 radical (unpaired) electrons. The number of carbonyl (C=O) groups is 3. The first-order chi connectivity index (χ1) is 55.2. The molecular formula is C80H77BrF9LiN12O7S6Sn. The van der Waals surface area contributed by atoms with Crippen LogP contribution >= 0.6 is 84.0 Å². The molecule has 12 aromatic rings. The van der Waals surface area contributed by atoms with Gasteiger partial charge in [0.2, 0.25) is 0 Å². The second kappa shape index (κ2) is 40.8. The molecule has 0 saturated heterocycles. The Balaban J connectivity index is 0.000000167. The number of alkyl halides is 9. The predicted molar refractivity (Wildman–Crippen MR) is 444 cm³/mol. The molecule has 9 aromatic heterocycles. The van der Waals surface area contributed by atoms with Gasteiger partial charge in [-0.2, -0.15) is 39.5 Å². The maximum atomic E-state index is 13.1. The summed E-state index contributed by atoms with van der Waals surface area (Å²) in [6.45, 7) is 6.99. The number of methoxy groups -OCH3 is 2. The molecule has 3 saturated carbocycles. The molecule has 3 aliphatic carbocycles. The van der Waals surface area contributed by atoms with Gasteiger partial charge in [0.25, 0.3) is 0 Å². The number of esters is 2. The third kappa shape index (κ3) is 23.7. The van der Waals surface area contributed by atoms with E-state index >= 15 is 0 Å². The van der Waals surface area contributed by atoms with Gasteiger partial charge in [-0.05, 0) is 86.6 Å². The van der Waals surface area contributed by atoms with E-state index in [1.165, 1.54) is 72.5 Å². The molecular weight excluding hydrogens is 1810 g/mol. The van der Waals surface area contributed by atoms with E-state index in [-0.39, 0.29) is 52.9 Å². The molecule has 9 heterocycles. The number of carbonyl (C=O) groups excluding carboxylic acids is 2. The Morgan fingerprint density at radius 3 is 1.06 bits per heavy atom. The molecule has 117 heavy (non-hydrogen) atoms. The minimum Gasteiger partial charge on any atom is -0.870 e. The van der Waals surface area contributed by atoms with E-state index in [2.05, 4.69) is 102 Å². The van der Waals surface area contributed by atoms with Crippen LogP contribution < -0.4 is 37.8 Å². The first-order valence-corrected chi connectivity index (χ1v) is 50.1. The summed E-state index contributed by atoms with van der Waals surface area (Å²) < 4.78 is 134. The van der Waals surface area contributed by atoms with Gasteiger partial charge >= 0.3 is 177 Å². The van der Waals surface area contributed by atoms with Crippen LogP contribution in [-0.4, -0.2) is 106 Å². The maximum absolute atomic E-state index is 13.1. The SMILES string of the molecule is CCC[CH2][Sn]([CH2]CCC)([CH2]CCC)[c]1nccs1.COC(=O)c1cc(C(F)(F)F)cnc1Nc1nc(-c2ccc(-c3nccs3)cc2)c(C2CC2)s1.COC(=O)c1cc(C(F)(F)F)cnc1Nc1nc(-c2ccc(Br)cc2)c(C2CC2)s1.O=C(O)c1cc(C(F)(F)F)cnc1Nc1nc(-c2ccc(-c3nccs3)cc2)c(C2CC2)s1.[Li+].[OH-]. The van der Waals surface area contributed by atoms with E-state index in [4.69, 9.17) is 9.97 Å². The second-order valence-corrected chi connectivity index (χ2v) is 48.0. The molecule has 3 fully saturated rings. The number of nitrogens with zero attached hydrogens (tertiary/aromatic N) is 9. The molecule has 5 N–H and O–H groups in total. The second-order valence-electron chi connectivity index (χ2n) is 27.3. The average Bonchev–Trinajstić information content (AvgIpc) is 1.66. The fraction of sp³-hybridized carbons (Fsp3) is 0.325. The van der Waals surface area contributed by atoms with Crippen molar-refractivity contribution in [2.45, 2.75) is 147 Å². The summed E-state index contributed by atoms with van der Waals surface area (Å²) in [5, 5.41) is 27.2. The average molecular weight is 1890 g/mol. The number of unbranched alkanes of at least 4 members (excludes halogenated alkanes) is 3. The van der Waals surface area contributed by atoms with Gasteiger partial charge in [-0.15, -0.1) is 56.7 Å². The minimum absolute atomic E-state index is 0. The molecule has 0 unspecified atom stereocenters. The van der Waals surface area contributed by atoms with Crippen molar-refractivity contribution in [2.75, 3.05) is 30.2 Å². The number of rotatable bonds is 27. The van der Waals surface area contributed by atoms with E-state index < -0.39 is 77.1 Å². The maximum Gasteiger partial charge on any atom is 1.00 e. The number of carboxylic acid groups (broad SMARTS) is 1. The van der Waals surface area contributed by atoms with E-state index in [0.717, 1.165) is 139 Å². The largest absolute Gasteiger partial charge is 1.00 e. The molecule has 37 heteroatoms. The summed E-state index contributed by atoms with van der Waals surface area (Å²) in [7, 11) is 2.21. The summed E-state index contributed by atoms with van der Waals surface area (Å²) in [6, 6.07) is 25.6. The number of anilines is 6. The van der Waals surface area contributed by atoms with Crippen molar-refractivity contribution in [1.82, 2.24) is 44.9 Å². The van der Waals surface area contributed by atoms with Crippen LogP contribution in [0.15, 0.2) is 149 Å². The molecule has 0 aliphatic heterocycles. The van der Waals surface area contributed by atoms with Crippen LogP contribution in [0.3, 0.4) is 0 Å². The number of pyridine rings is 3. The van der Waals surface area contributed by atoms with Gasteiger partial charge in [0.05, 0.1) is 48.0 Å². The third-order valence-corrected chi connectivity index (χ3v) is 43.1. The van der Waals surface area contributed by atoms with Crippen LogP contribution in [0.1, 0.15) is 178 Å². The quantitative estimate of drug-likeness (QED) is 0.0212. The number of benzene rings is 3. The Morgan fingerprint density at radius 2 is 0.778 bits per heavy atom. The predicted octanol–water partition coefficient (Wildman–Crippen LogP) is 21.8. The molecule has 0 spiro atoms. The van der Waals surface area contributed by atoms with Crippen LogP contribution in [0.4, 0.5) is 72.4 Å². The Morgan fingerprint density at radius 1 is 0.470 bits per heavy atom. The molecule has 0 atom stereocenters. The van der Waals surface area contributed by atoms with Crippen molar-refractivity contribution in [3.8, 4) is 54.9 Å². The molecule has 610 valence electrons. The summed E-state index contributed by atoms with van der Waals surface area (Å²) in [4.78, 5) is 77.8. The van der Waals surface area contributed by atoms with Gasteiger partial charge in [0.1, 0.15) is 44.2 Å². The zero-order valence-corrected chi connectivity index (χ0v) is 73.2. The first-order valence-electron chi connectivity index (χ1n) is 36.8. The van der Waals surface area contributed by atoms with Crippen molar-refractivity contribution in [1.29, 1.82) is 0 Å². The van der Waals surface area contributed by atoms with E-state index in [1.807, 2.05) is 101 Å². The summed E-state index contributed by atoms with van der Waals surface area (Å²) in [5.74, 6) is -2.42. The Labute approximate surface area is 716 Å². The van der Waals surface area contributed by atoms with Gasteiger partial charge in [-0.3, -0.25) is 0 Å². The van der Waals surface area contributed by atoms with Crippen LogP contribution in [0.5, 0.6) is 0 Å². The number of halogens is 10. The fourth-order valence-electron chi connectivity index (χ4n) is 12.4. The number of carboxylic acids is 1. The Kier molecular flexibility index (Phi) is 31.8. The van der Waals surface area contributed by atoms with Crippen LogP contribution in [-0.2, 0) is 28.0 Å². The molecule has 15 rings (SSSR count). The smallest absolute Gasteiger partial charge is 0.870 e. The number of nitrogens with one attached hydrogen (secondary N) is 3. The summed E-state index contributed by atoms with van der Waals surface area (Å²) >= 11 is 10.5. The monoisotopic (exact) mass is 1890 g/mol. The summed E-state index contributed by atoms with van der Waals surface area (Å²) in [5.41, 5.74) is 2.84. The number of thiazole rings is 6. The van der Waals surface area contributed by atoms with Gasteiger partial charge in [-0.25, -0.2) is 54.3 Å². The Hall–Kier alpha value is -8.09. The van der Waals surface area contributed by atoms with E-state index in [1.54, 1.807) is 51.4 Å². The Bertz CT molecular complexity index is 5270. The standard InChI is InChI=1S/C23H17F3N4O2S2.C22H15F3N4O2S2.C20H15BrF3N3O2S.3C4H9.C3H2NS.Li.H2O.Sn/c1-32-21(31)16-10-15(23(24,25)26)11-28-19(16)30-22-29-17(18(34-22)13-4-5-13)12-2-6-14(7-3-12)20-27-8-9-33-20;23-22(24,25)14-9-15(20(30)31)18(27-10-14)29-21-28-16(17(33-21)12-3-4-12)11-1-5-13(6-2-11)19-26-7-8-32-19;1-29-18(28)14-8-12(20(22,23)24)9-25-17(14)27-19-26-15(16(30-19)11-2-3-11)10-4-6-13(21)7-5-10;3*1-3-4-2;1-2-5-3-4-1;;;/h2-3,6-11,13H,4-5H2,1H3,(H,28,29,30);1-2,5-10,12H,3-4H2,(H,30,31)(H,27,28,29);4-9,11H,2-3H2,1H3,(H,25,26,27);3*1,3-4H2,2H3;1-2H;;1H2;/q;;;;;;;+1;;/p-1. The molecule has 3 aliphatic rings. The van der Waals surface area contributed by atoms with Crippen LogP contribution in [0.2, 0.25) is 13.3 Å². The molecule has 19 nitrogen and oxygen atoms in total. The van der Waals surface area contributed by atoms with Gasteiger partial charge in [0, 0.05) is 88.7 Å².